The quantitative estimate of drug-likeness (QED) is 0.790. The summed E-state index contributed by atoms with van der Waals surface area (Å²) >= 11 is 4.03. The van der Waals surface area contributed by atoms with Gasteiger partial charge in [-0.2, -0.15) is 5.26 Å². The predicted octanol–water partition coefficient (Wildman–Crippen LogP) is 3.58. The third kappa shape index (κ3) is 2.02. The van der Waals surface area contributed by atoms with Crippen molar-refractivity contribution in [2.75, 3.05) is 5.32 Å². The number of pyridine rings is 1. The second-order valence-electron chi connectivity index (χ2n) is 7.55. The van der Waals surface area contributed by atoms with Crippen LogP contribution in [0.15, 0.2) is 12.5 Å². The lowest BCUT2D eigenvalue weighted by Gasteiger charge is -2.58. The molecule has 2 N–H and O–H groups in total. The lowest BCUT2D eigenvalue weighted by Crippen LogP contribution is -2.56. The number of hydrogen-bond donors (Lipinski definition) is 2. The SMILES string of the molecule is N#Cc1cnc2nc[nH]c2c1NC1[C@@H]2CC3C[C@H]1CC(Br)(C3)C2. The molecule has 23 heavy (non-hydrogen) atoms. The largest absolute Gasteiger partial charge is 0.379 e. The van der Waals surface area contributed by atoms with Crippen LogP contribution in [0.25, 0.3) is 11.2 Å². The summed E-state index contributed by atoms with van der Waals surface area (Å²) in [5.74, 6) is 2.27. The second kappa shape index (κ2) is 4.70. The number of imidazole rings is 1. The maximum absolute atomic E-state index is 9.47. The zero-order valence-electron chi connectivity index (χ0n) is 12.7. The molecule has 0 amide bonds. The number of nitrogens with zero attached hydrogens (tertiary/aromatic N) is 3. The first-order chi connectivity index (χ1) is 11.1. The van der Waals surface area contributed by atoms with E-state index in [-0.39, 0.29) is 0 Å². The molecule has 3 unspecified atom stereocenters. The fourth-order valence-corrected chi connectivity index (χ4v) is 6.75. The van der Waals surface area contributed by atoms with E-state index in [1.807, 2.05) is 0 Å². The molecule has 6 rings (SSSR count). The van der Waals surface area contributed by atoms with Crippen LogP contribution in [0.1, 0.15) is 37.7 Å². The molecule has 0 aromatic carbocycles. The van der Waals surface area contributed by atoms with Gasteiger partial charge in [0.2, 0.25) is 0 Å². The van der Waals surface area contributed by atoms with Gasteiger partial charge < -0.3 is 10.3 Å². The van der Waals surface area contributed by atoms with Gasteiger partial charge in [-0.3, -0.25) is 0 Å². The average Bonchev–Trinajstić information content (AvgIpc) is 2.98. The van der Waals surface area contributed by atoms with E-state index in [4.69, 9.17) is 0 Å². The van der Waals surface area contributed by atoms with E-state index in [1.54, 1.807) is 12.5 Å². The molecule has 4 fully saturated rings. The van der Waals surface area contributed by atoms with Gasteiger partial charge in [-0.05, 0) is 49.9 Å². The lowest BCUT2D eigenvalue weighted by molar-refractivity contribution is 0.0281. The van der Waals surface area contributed by atoms with Crippen molar-refractivity contribution >= 4 is 32.8 Å². The van der Waals surface area contributed by atoms with Gasteiger partial charge in [0.1, 0.15) is 11.6 Å². The number of aromatic nitrogens is 3. The number of hydrogen-bond acceptors (Lipinski definition) is 4. The lowest BCUT2D eigenvalue weighted by atomic mass is 9.54. The van der Waals surface area contributed by atoms with Gasteiger partial charge in [0.25, 0.3) is 0 Å². The van der Waals surface area contributed by atoms with Crippen LogP contribution in [0.5, 0.6) is 0 Å². The first kappa shape index (κ1) is 13.8. The number of H-pyrrole nitrogens is 1. The van der Waals surface area contributed by atoms with Crippen LogP contribution in [0.2, 0.25) is 0 Å². The minimum Gasteiger partial charge on any atom is -0.379 e. The van der Waals surface area contributed by atoms with E-state index in [1.165, 1.54) is 32.1 Å². The molecule has 4 bridgehead atoms. The van der Waals surface area contributed by atoms with Gasteiger partial charge in [-0.15, -0.1) is 0 Å². The minimum absolute atomic E-state index is 0.376. The normalized spacial score (nSPS) is 37.9. The van der Waals surface area contributed by atoms with E-state index in [9.17, 15) is 5.26 Å². The molecule has 6 heteroatoms. The molecule has 118 valence electrons. The van der Waals surface area contributed by atoms with Crippen molar-refractivity contribution < 1.29 is 0 Å². The molecular formula is C17H18BrN5. The van der Waals surface area contributed by atoms with Crippen molar-refractivity contribution in [3.05, 3.63) is 18.1 Å². The topological polar surface area (TPSA) is 77.4 Å². The van der Waals surface area contributed by atoms with E-state index >= 15 is 0 Å². The van der Waals surface area contributed by atoms with Crippen LogP contribution < -0.4 is 5.32 Å². The molecule has 2 heterocycles. The van der Waals surface area contributed by atoms with E-state index in [2.05, 4.69) is 42.3 Å². The van der Waals surface area contributed by atoms with Crippen LogP contribution >= 0.6 is 15.9 Å². The molecule has 0 saturated heterocycles. The first-order valence-corrected chi connectivity index (χ1v) is 9.12. The molecule has 0 spiro atoms. The van der Waals surface area contributed by atoms with E-state index in [0.29, 0.717) is 33.4 Å². The second-order valence-corrected chi connectivity index (χ2v) is 9.23. The molecule has 5 nitrogen and oxygen atoms in total. The summed E-state index contributed by atoms with van der Waals surface area (Å²) in [6.07, 6.45) is 9.76. The zero-order chi connectivity index (χ0) is 15.6. The maximum Gasteiger partial charge on any atom is 0.179 e. The molecule has 2 aromatic rings. The third-order valence-electron chi connectivity index (χ3n) is 6.08. The van der Waals surface area contributed by atoms with Gasteiger partial charge in [-0.1, -0.05) is 15.9 Å². The Labute approximate surface area is 143 Å². The Balaban J connectivity index is 1.53. The van der Waals surface area contributed by atoms with Crippen LogP contribution in [-0.4, -0.2) is 25.3 Å². The Morgan fingerprint density at radius 2 is 2.04 bits per heavy atom. The minimum atomic E-state index is 0.376. The number of rotatable bonds is 2. The fourth-order valence-electron chi connectivity index (χ4n) is 5.46. The number of nitriles is 1. The summed E-state index contributed by atoms with van der Waals surface area (Å²) in [7, 11) is 0. The van der Waals surface area contributed by atoms with Gasteiger partial charge in [-0.25, -0.2) is 9.97 Å². The Hall–Kier alpha value is -1.61. The van der Waals surface area contributed by atoms with Crippen molar-refractivity contribution in [1.29, 1.82) is 5.26 Å². The van der Waals surface area contributed by atoms with Crippen molar-refractivity contribution in [3.8, 4) is 6.07 Å². The molecule has 0 radical (unpaired) electrons. The summed E-state index contributed by atoms with van der Waals surface area (Å²) < 4.78 is 0.376. The van der Waals surface area contributed by atoms with Crippen molar-refractivity contribution in [2.45, 2.75) is 42.5 Å². The first-order valence-electron chi connectivity index (χ1n) is 8.33. The van der Waals surface area contributed by atoms with Crippen molar-refractivity contribution in [3.63, 3.8) is 0 Å². The standard InChI is InChI=1S/C17H18BrN5/c18-17-3-9-1-10(4-17)13(11(2-9)5-17)23-14-12(6-19)7-20-16-15(14)21-8-22-16/h7-11,13H,1-5H2,(H2,20,21,22,23)/t9?,10-,11+,13?,17?. The monoisotopic (exact) mass is 371 g/mol. The molecule has 4 aliphatic carbocycles. The predicted molar refractivity (Wildman–Crippen MR) is 91.2 cm³/mol. The maximum atomic E-state index is 9.47. The number of anilines is 1. The molecule has 0 aliphatic heterocycles. The summed E-state index contributed by atoms with van der Waals surface area (Å²) in [4.78, 5) is 11.6. The van der Waals surface area contributed by atoms with Crippen molar-refractivity contribution in [1.82, 2.24) is 15.0 Å². The molecule has 2 aromatic heterocycles. The van der Waals surface area contributed by atoms with E-state index < -0.39 is 0 Å². The zero-order valence-corrected chi connectivity index (χ0v) is 14.3. The number of fused-ring (bicyclic) bond motifs is 1. The van der Waals surface area contributed by atoms with Crippen molar-refractivity contribution in [2.24, 2.45) is 17.8 Å². The summed E-state index contributed by atoms with van der Waals surface area (Å²) in [5, 5.41) is 13.2. The smallest absolute Gasteiger partial charge is 0.179 e. The molecule has 5 atom stereocenters. The highest BCUT2D eigenvalue weighted by atomic mass is 79.9. The number of nitrogens with one attached hydrogen (secondary N) is 2. The summed E-state index contributed by atoms with van der Waals surface area (Å²) in [6.45, 7) is 0. The van der Waals surface area contributed by atoms with Gasteiger partial charge in [0.15, 0.2) is 5.65 Å². The summed E-state index contributed by atoms with van der Waals surface area (Å²) in [6, 6.07) is 2.73. The molecule has 4 aliphatic rings. The third-order valence-corrected chi connectivity index (χ3v) is 7.06. The van der Waals surface area contributed by atoms with Gasteiger partial charge in [0.05, 0.1) is 17.6 Å². The highest BCUT2D eigenvalue weighted by molar-refractivity contribution is 9.10. The summed E-state index contributed by atoms with van der Waals surface area (Å²) in [5.41, 5.74) is 3.01. The van der Waals surface area contributed by atoms with Crippen LogP contribution in [0, 0.1) is 29.1 Å². The Morgan fingerprint density at radius 3 is 2.74 bits per heavy atom. The molecule has 4 saturated carbocycles. The Kier molecular flexibility index (Phi) is 2.82. The van der Waals surface area contributed by atoms with E-state index in [0.717, 1.165) is 17.1 Å². The Bertz CT molecular complexity index is 806. The van der Waals surface area contributed by atoms with Gasteiger partial charge >= 0.3 is 0 Å². The molecular weight excluding hydrogens is 354 g/mol. The highest BCUT2D eigenvalue weighted by Gasteiger charge is 2.54. The fraction of sp³-hybridized carbons (Fsp3) is 0.588. The van der Waals surface area contributed by atoms with Gasteiger partial charge in [0, 0.05) is 16.6 Å². The van der Waals surface area contributed by atoms with Crippen LogP contribution in [0.3, 0.4) is 0 Å². The van der Waals surface area contributed by atoms with Crippen LogP contribution in [0.4, 0.5) is 5.69 Å². The average molecular weight is 372 g/mol. The Morgan fingerprint density at radius 1 is 1.26 bits per heavy atom. The van der Waals surface area contributed by atoms with Crippen LogP contribution in [-0.2, 0) is 0 Å². The number of alkyl halides is 1. The highest BCUT2D eigenvalue weighted by Crippen LogP contribution is 2.59. The number of aromatic amines is 1. The number of halogens is 1.